The number of hydrogen-bond acceptors (Lipinski definition) is 7. The van der Waals surface area contributed by atoms with Crippen LogP contribution in [-0.4, -0.2) is 83.3 Å². The molecule has 7 heteroatoms. The number of carbonyl (C=O) groups excluding carboxylic acids is 1. The lowest BCUT2D eigenvalue weighted by atomic mass is 9.64. The zero-order valence-corrected chi connectivity index (χ0v) is 26.7. The number of ether oxygens (including phenoxy) is 1. The molecule has 2 N–H and O–H groups in total. The summed E-state index contributed by atoms with van der Waals surface area (Å²) in [5.41, 5.74) is 3.17. The fraction of sp³-hybridized carbons (Fsp3) is 0.568. The lowest BCUT2D eigenvalue weighted by molar-refractivity contribution is -0.0772. The first-order chi connectivity index (χ1) is 21.2. The number of fused-ring (bicyclic) bond motifs is 9. The van der Waals surface area contributed by atoms with Gasteiger partial charge in [-0.2, -0.15) is 0 Å². The Morgan fingerprint density at radius 2 is 1.86 bits per heavy atom. The van der Waals surface area contributed by atoms with Crippen LogP contribution in [0, 0.1) is 5.41 Å². The maximum absolute atomic E-state index is 14.2. The summed E-state index contributed by atoms with van der Waals surface area (Å²) >= 11 is 0. The predicted octanol–water partition coefficient (Wildman–Crippen LogP) is 5.73. The van der Waals surface area contributed by atoms with E-state index >= 15 is 0 Å². The first-order valence-corrected chi connectivity index (χ1v) is 16.6. The van der Waals surface area contributed by atoms with E-state index in [9.17, 15) is 15.0 Å². The Balaban J connectivity index is 1.41. The van der Waals surface area contributed by atoms with E-state index in [1.54, 1.807) is 7.11 Å². The second-order valence-electron chi connectivity index (χ2n) is 13.8. The number of allylic oxidation sites excluding steroid dienone is 2. The first-order valence-electron chi connectivity index (χ1n) is 16.6. The second kappa shape index (κ2) is 12.7. The first kappa shape index (κ1) is 30.8. The highest BCUT2D eigenvalue weighted by molar-refractivity contribution is 6.10. The van der Waals surface area contributed by atoms with Gasteiger partial charge in [0.1, 0.15) is 5.75 Å². The molecular formula is C37H49N3O4. The number of benzene rings is 2. The summed E-state index contributed by atoms with van der Waals surface area (Å²) in [5, 5.41) is 23.7. The van der Waals surface area contributed by atoms with E-state index < -0.39 is 17.1 Å². The van der Waals surface area contributed by atoms with Crippen LogP contribution in [0.1, 0.15) is 98.2 Å². The molecule has 3 aliphatic carbocycles. The van der Waals surface area contributed by atoms with E-state index in [0.717, 1.165) is 81.8 Å². The standard InChI is InChI=1S/C37H49N3O4/c1-26-7-4-17-36(2)33(16-18-37(36,43)25-40-22-6-21-39-20-5-19-38-35(39)40)31-15-9-27(23-29(41)12-8-26)24-32(31)34(42)28-10-13-30(44-3)14-11-28/h7,9-11,13-15,24,29,33,41,43H,4-6,8,12,16-23,25H2,1-3H3. The number of aliphatic imine (C=N–C) groups is 1. The molecule has 7 nitrogen and oxygen atoms in total. The third-order valence-corrected chi connectivity index (χ3v) is 11.0. The Kier molecular flexibility index (Phi) is 8.89. The number of aliphatic hydroxyl groups excluding tert-OH is 1. The molecule has 0 amide bonds. The molecule has 2 fully saturated rings. The van der Waals surface area contributed by atoms with Crippen molar-refractivity contribution in [3.05, 3.63) is 76.4 Å². The summed E-state index contributed by atoms with van der Waals surface area (Å²) in [6.45, 7) is 8.82. The number of rotatable bonds is 5. The molecule has 236 valence electrons. The van der Waals surface area contributed by atoms with Gasteiger partial charge in [0.2, 0.25) is 0 Å². The SMILES string of the molecule is COc1ccc(C(=O)c2cc3ccc2C2CCC(O)(CN4CCCN5CCCN=C54)C2(C)CCC=C(C)CCC(O)C3)cc1. The molecule has 2 aliphatic heterocycles. The van der Waals surface area contributed by atoms with E-state index in [2.05, 4.69) is 41.9 Å². The Morgan fingerprint density at radius 1 is 1.07 bits per heavy atom. The Hall–Kier alpha value is -3.16. The molecule has 4 unspecified atom stereocenters. The van der Waals surface area contributed by atoms with Crippen molar-refractivity contribution in [3.8, 4) is 5.75 Å². The van der Waals surface area contributed by atoms with Crippen molar-refractivity contribution in [1.29, 1.82) is 0 Å². The molecule has 7 rings (SSSR count). The van der Waals surface area contributed by atoms with Crippen molar-refractivity contribution in [2.45, 2.75) is 89.3 Å². The van der Waals surface area contributed by atoms with Gasteiger partial charge in [-0.25, -0.2) is 0 Å². The van der Waals surface area contributed by atoms with Gasteiger partial charge in [0.05, 0.1) is 25.4 Å². The molecule has 2 bridgehead atoms. The zero-order valence-electron chi connectivity index (χ0n) is 26.7. The maximum Gasteiger partial charge on any atom is 0.196 e. The minimum absolute atomic E-state index is 0.00880. The summed E-state index contributed by atoms with van der Waals surface area (Å²) in [7, 11) is 1.62. The van der Waals surface area contributed by atoms with Gasteiger partial charge < -0.3 is 24.7 Å². The number of aliphatic hydroxyl groups is 2. The summed E-state index contributed by atoms with van der Waals surface area (Å²) in [5.74, 6) is 1.75. The van der Waals surface area contributed by atoms with Crippen molar-refractivity contribution in [2.24, 2.45) is 10.4 Å². The number of nitrogens with zero attached hydrogens (tertiary/aromatic N) is 3. The Morgan fingerprint density at radius 3 is 2.66 bits per heavy atom. The van der Waals surface area contributed by atoms with Gasteiger partial charge in [-0.1, -0.05) is 30.7 Å². The molecule has 44 heavy (non-hydrogen) atoms. The highest BCUT2D eigenvalue weighted by Gasteiger charge is 2.57. The molecular weight excluding hydrogens is 550 g/mol. The van der Waals surface area contributed by atoms with Crippen molar-refractivity contribution in [1.82, 2.24) is 9.80 Å². The van der Waals surface area contributed by atoms with Crippen molar-refractivity contribution in [2.75, 3.05) is 39.8 Å². The molecule has 2 aromatic carbocycles. The molecule has 4 atom stereocenters. The topological polar surface area (TPSA) is 85.6 Å². The van der Waals surface area contributed by atoms with E-state index in [-0.39, 0.29) is 11.7 Å². The maximum atomic E-state index is 14.2. The average molecular weight is 600 g/mol. The van der Waals surface area contributed by atoms with Crippen LogP contribution in [0.3, 0.4) is 0 Å². The third kappa shape index (κ3) is 5.93. The van der Waals surface area contributed by atoms with Crippen LogP contribution in [0.4, 0.5) is 0 Å². The molecule has 0 spiro atoms. The lowest BCUT2D eigenvalue weighted by Crippen LogP contribution is -2.59. The van der Waals surface area contributed by atoms with Gasteiger partial charge in [0.15, 0.2) is 11.7 Å². The molecule has 0 radical (unpaired) electrons. The van der Waals surface area contributed by atoms with Crippen molar-refractivity contribution >= 4 is 11.7 Å². The summed E-state index contributed by atoms with van der Waals surface area (Å²) < 4.78 is 5.34. The molecule has 0 aromatic heterocycles. The van der Waals surface area contributed by atoms with Gasteiger partial charge in [-0.3, -0.25) is 9.79 Å². The number of hydrogen-bond donors (Lipinski definition) is 2. The molecule has 1 saturated carbocycles. The van der Waals surface area contributed by atoms with Gasteiger partial charge in [-0.15, -0.1) is 0 Å². The monoisotopic (exact) mass is 599 g/mol. The summed E-state index contributed by atoms with van der Waals surface area (Å²) in [6, 6.07) is 13.5. The highest BCUT2D eigenvalue weighted by Crippen LogP contribution is 2.59. The largest absolute Gasteiger partial charge is 0.497 e. The van der Waals surface area contributed by atoms with Crippen LogP contribution in [0.25, 0.3) is 0 Å². The molecule has 2 aromatic rings. The van der Waals surface area contributed by atoms with Gasteiger partial charge in [-0.05, 0) is 112 Å². The Bertz CT molecular complexity index is 1420. The quantitative estimate of drug-likeness (QED) is 0.337. The van der Waals surface area contributed by atoms with Crippen LogP contribution in [0.15, 0.2) is 59.1 Å². The molecule has 2 heterocycles. The number of methoxy groups -OCH3 is 1. The fourth-order valence-corrected chi connectivity index (χ4v) is 8.26. The van der Waals surface area contributed by atoms with Gasteiger partial charge >= 0.3 is 0 Å². The smallest absolute Gasteiger partial charge is 0.196 e. The average Bonchev–Trinajstić information content (AvgIpc) is 3.28. The van der Waals surface area contributed by atoms with Crippen LogP contribution in [0.2, 0.25) is 0 Å². The minimum Gasteiger partial charge on any atom is -0.497 e. The van der Waals surface area contributed by atoms with Crippen molar-refractivity contribution in [3.63, 3.8) is 0 Å². The van der Waals surface area contributed by atoms with E-state index in [1.165, 1.54) is 5.57 Å². The lowest BCUT2D eigenvalue weighted by Gasteiger charge is -2.49. The van der Waals surface area contributed by atoms with Gasteiger partial charge in [0, 0.05) is 42.7 Å². The molecule has 1 saturated heterocycles. The minimum atomic E-state index is -0.936. The van der Waals surface area contributed by atoms with Crippen LogP contribution < -0.4 is 4.74 Å². The second-order valence-corrected chi connectivity index (χ2v) is 13.8. The van der Waals surface area contributed by atoms with E-state index in [0.29, 0.717) is 42.7 Å². The van der Waals surface area contributed by atoms with Crippen LogP contribution >= 0.6 is 0 Å². The predicted molar refractivity (Wildman–Crippen MR) is 175 cm³/mol. The zero-order chi connectivity index (χ0) is 30.9. The normalized spacial score (nSPS) is 29.3. The summed E-state index contributed by atoms with van der Waals surface area (Å²) in [6.07, 6.45) is 9.19. The number of carbonyl (C=O) groups is 1. The van der Waals surface area contributed by atoms with Gasteiger partial charge in [0.25, 0.3) is 0 Å². The number of β-amino-alcohol motifs (C(OH)–C–C–N with tert-alkyl or cyclic N) is 1. The van der Waals surface area contributed by atoms with Crippen molar-refractivity contribution < 1.29 is 19.7 Å². The Labute approximate surface area is 262 Å². The third-order valence-electron chi connectivity index (χ3n) is 11.0. The number of guanidine groups is 1. The van der Waals surface area contributed by atoms with Crippen LogP contribution in [0.5, 0.6) is 5.75 Å². The van der Waals surface area contributed by atoms with Crippen LogP contribution in [-0.2, 0) is 6.42 Å². The number of ketones is 1. The summed E-state index contributed by atoms with van der Waals surface area (Å²) in [4.78, 5) is 23.9. The highest BCUT2D eigenvalue weighted by atomic mass is 16.5. The molecule has 5 aliphatic rings. The van der Waals surface area contributed by atoms with E-state index in [1.807, 2.05) is 30.3 Å². The van der Waals surface area contributed by atoms with E-state index in [4.69, 9.17) is 9.73 Å². The fourth-order valence-electron chi connectivity index (χ4n) is 8.26.